The van der Waals surface area contributed by atoms with Crippen molar-refractivity contribution in [3.63, 3.8) is 0 Å². The van der Waals surface area contributed by atoms with Crippen LogP contribution < -0.4 is 5.73 Å². The monoisotopic (exact) mass is 251 g/mol. The zero-order valence-corrected chi connectivity index (χ0v) is 10.2. The number of nitrogens with one attached hydrogen (secondary N) is 1. The summed E-state index contributed by atoms with van der Waals surface area (Å²) in [4.78, 5) is 2.13. The SMILES string of the molecule is N=C(N)c1ccc(CN2CCC(CO)C2)c(F)c1. The Morgan fingerprint density at radius 2 is 2.33 bits per heavy atom. The molecule has 1 fully saturated rings. The normalized spacial score (nSPS) is 20.2. The van der Waals surface area contributed by atoms with Gasteiger partial charge in [0.15, 0.2) is 0 Å². The molecule has 1 unspecified atom stereocenters. The van der Waals surface area contributed by atoms with E-state index in [1.807, 2.05) is 0 Å². The van der Waals surface area contributed by atoms with Gasteiger partial charge in [0.05, 0.1) is 0 Å². The van der Waals surface area contributed by atoms with Gasteiger partial charge in [-0.25, -0.2) is 4.39 Å². The van der Waals surface area contributed by atoms with Gasteiger partial charge in [-0.3, -0.25) is 10.3 Å². The van der Waals surface area contributed by atoms with E-state index in [1.54, 1.807) is 12.1 Å². The van der Waals surface area contributed by atoms with Gasteiger partial charge in [0, 0.05) is 30.8 Å². The fraction of sp³-hybridized carbons (Fsp3) is 0.462. The number of aliphatic hydroxyl groups is 1. The Bertz CT molecular complexity index is 450. The van der Waals surface area contributed by atoms with Gasteiger partial charge < -0.3 is 10.8 Å². The van der Waals surface area contributed by atoms with E-state index < -0.39 is 0 Å². The molecular weight excluding hydrogens is 233 g/mol. The standard InChI is InChI=1S/C13H18FN3O/c14-12-5-10(13(15)16)1-2-11(12)7-17-4-3-9(6-17)8-18/h1-2,5,9,18H,3-4,6-8H2,(H3,15,16). The van der Waals surface area contributed by atoms with E-state index in [1.165, 1.54) is 6.07 Å². The Balaban J connectivity index is 2.04. The van der Waals surface area contributed by atoms with Crippen molar-refractivity contribution in [2.75, 3.05) is 19.7 Å². The first-order valence-electron chi connectivity index (χ1n) is 6.06. The average Bonchev–Trinajstić information content (AvgIpc) is 2.79. The number of nitrogen functional groups attached to an aromatic ring is 1. The molecule has 4 nitrogen and oxygen atoms in total. The molecule has 1 aliphatic rings. The lowest BCUT2D eigenvalue weighted by molar-refractivity contribution is 0.219. The van der Waals surface area contributed by atoms with Crippen LogP contribution in [0, 0.1) is 17.1 Å². The number of aliphatic hydroxyl groups excluding tert-OH is 1. The lowest BCUT2D eigenvalue weighted by atomic mass is 10.1. The predicted octanol–water partition coefficient (Wildman–Crippen LogP) is 0.924. The molecular formula is C13H18FN3O. The van der Waals surface area contributed by atoms with Crippen molar-refractivity contribution in [3.8, 4) is 0 Å². The number of hydrogen-bond donors (Lipinski definition) is 3. The van der Waals surface area contributed by atoms with Crippen LogP contribution in [-0.2, 0) is 6.54 Å². The highest BCUT2D eigenvalue weighted by molar-refractivity contribution is 5.94. The number of likely N-dealkylation sites (tertiary alicyclic amines) is 1. The van der Waals surface area contributed by atoms with E-state index in [0.29, 0.717) is 23.6 Å². The van der Waals surface area contributed by atoms with Crippen molar-refractivity contribution in [1.29, 1.82) is 5.41 Å². The topological polar surface area (TPSA) is 73.3 Å². The van der Waals surface area contributed by atoms with E-state index >= 15 is 0 Å². The van der Waals surface area contributed by atoms with Crippen molar-refractivity contribution in [2.45, 2.75) is 13.0 Å². The molecule has 0 bridgehead atoms. The van der Waals surface area contributed by atoms with Gasteiger partial charge in [-0.15, -0.1) is 0 Å². The van der Waals surface area contributed by atoms with Crippen LogP contribution in [0.4, 0.5) is 4.39 Å². The molecule has 0 radical (unpaired) electrons. The maximum Gasteiger partial charge on any atom is 0.128 e. The highest BCUT2D eigenvalue weighted by Gasteiger charge is 2.22. The van der Waals surface area contributed by atoms with Crippen LogP contribution in [0.2, 0.25) is 0 Å². The summed E-state index contributed by atoms with van der Waals surface area (Å²) < 4.78 is 13.8. The van der Waals surface area contributed by atoms with Crippen LogP contribution in [0.15, 0.2) is 18.2 Å². The molecule has 0 aromatic heterocycles. The van der Waals surface area contributed by atoms with Crippen LogP contribution in [-0.4, -0.2) is 35.5 Å². The number of halogens is 1. The lowest BCUT2D eigenvalue weighted by Gasteiger charge is -2.16. The first-order valence-corrected chi connectivity index (χ1v) is 6.06. The second-order valence-corrected chi connectivity index (χ2v) is 4.79. The molecule has 1 atom stereocenters. The van der Waals surface area contributed by atoms with E-state index in [0.717, 1.165) is 19.5 Å². The van der Waals surface area contributed by atoms with Gasteiger partial charge in [0.25, 0.3) is 0 Å². The van der Waals surface area contributed by atoms with Gasteiger partial charge in [0.2, 0.25) is 0 Å². The average molecular weight is 251 g/mol. The predicted molar refractivity (Wildman–Crippen MR) is 67.9 cm³/mol. The van der Waals surface area contributed by atoms with Crippen molar-refractivity contribution < 1.29 is 9.50 Å². The number of rotatable bonds is 4. The Kier molecular flexibility index (Phi) is 3.93. The van der Waals surface area contributed by atoms with E-state index in [4.69, 9.17) is 16.2 Å². The summed E-state index contributed by atoms with van der Waals surface area (Å²) in [5.74, 6) is -0.137. The third-order valence-corrected chi connectivity index (χ3v) is 3.39. The molecule has 1 heterocycles. The minimum absolute atomic E-state index is 0.123. The summed E-state index contributed by atoms with van der Waals surface area (Å²) in [7, 11) is 0. The third-order valence-electron chi connectivity index (χ3n) is 3.39. The second-order valence-electron chi connectivity index (χ2n) is 4.79. The van der Waals surface area contributed by atoms with Crippen molar-refractivity contribution in [2.24, 2.45) is 11.7 Å². The summed E-state index contributed by atoms with van der Waals surface area (Å²) in [6, 6.07) is 4.65. The van der Waals surface area contributed by atoms with Gasteiger partial charge in [-0.05, 0) is 24.9 Å². The highest BCUT2D eigenvalue weighted by atomic mass is 19.1. The number of benzene rings is 1. The molecule has 18 heavy (non-hydrogen) atoms. The fourth-order valence-electron chi connectivity index (χ4n) is 2.29. The molecule has 5 heteroatoms. The maximum atomic E-state index is 13.8. The van der Waals surface area contributed by atoms with Gasteiger partial charge in [0.1, 0.15) is 11.7 Å². The van der Waals surface area contributed by atoms with Gasteiger partial charge in [-0.1, -0.05) is 12.1 Å². The van der Waals surface area contributed by atoms with Crippen LogP contribution in [0.1, 0.15) is 17.5 Å². The summed E-state index contributed by atoms with van der Waals surface area (Å²) >= 11 is 0. The highest BCUT2D eigenvalue weighted by Crippen LogP contribution is 2.19. The molecule has 2 rings (SSSR count). The molecule has 4 N–H and O–H groups in total. The first kappa shape index (κ1) is 13.0. The zero-order chi connectivity index (χ0) is 13.1. The molecule has 0 amide bonds. The summed E-state index contributed by atoms with van der Waals surface area (Å²) in [5.41, 5.74) is 6.33. The number of nitrogens with zero attached hydrogens (tertiary/aromatic N) is 1. The maximum absolute atomic E-state index is 13.8. The minimum Gasteiger partial charge on any atom is -0.396 e. The smallest absolute Gasteiger partial charge is 0.128 e. The molecule has 0 saturated carbocycles. The molecule has 0 aliphatic carbocycles. The molecule has 0 spiro atoms. The fourth-order valence-corrected chi connectivity index (χ4v) is 2.29. The van der Waals surface area contributed by atoms with E-state index in [2.05, 4.69) is 4.90 Å². The van der Waals surface area contributed by atoms with Crippen LogP contribution in [0.25, 0.3) is 0 Å². The molecule has 1 aromatic rings. The Morgan fingerprint density at radius 1 is 1.56 bits per heavy atom. The Morgan fingerprint density at radius 3 is 2.89 bits per heavy atom. The molecule has 1 aromatic carbocycles. The van der Waals surface area contributed by atoms with Crippen molar-refractivity contribution >= 4 is 5.84 Å². The largest absolute Gasteiger partial charge is 0.396 e. The molecule has 98 valence electrons. The van der Waals surface area contributed by atoms with Gasteiger partial charge in [-0.2, -0.15) is 0 Å². The van der Waals surface area contributed by atoms with E-state index in [-0.39, 0.29) is 18.3 Å². The van der Waals surface area contributed by atoms with Crippen molar-refractivity contribution in [1.82, 2.24) is 4.90 Å². The number of hydrogen-bond acceptors (Lipinski definition) is 3. The minimum atomic E-state index is -0.324. The third kappa shape index (κ3) is 2.86. The van der Waals surface area contributed by atoms with Crippen LogP contribution >= 0.6 is 0 Å². The summed E-state index contributed by atoms with van der Waals surface area (Å²) in [5, 5.41) is 16.3. The number of nitrogens with two attached hydrogens (primary N) is 1. The second kappa shape index (κ2) is 5.46. The zero-order valence-electron chi connectivity index (χ0n) is 10.2. The van der Waals surface area contributed by atoms with Crippen LogP contribution in [0.3, 0.4) is 0 Å². The molecule has 1 saturated heterocycles. The Hall–Kier alpha value is -1.46. The first-order chi connectivity index (χ1) is 8.60. The van der Waals surface area contributed by atoms with E-state index in [9.17, 15) is 4.39 Å². The summed E-state index contributed by atoms with van der Waals surface area (Å²) in [6.07, 6.45) is 0.962. The number of amidine groups is 1. The quantitative estimate of drug-likeness (QED) is 0.550. The van der Waals surface area contributed by atoms with Gasteiger partial charge >= 0.3 is 0 Å². The lowest BCUT2D eigenvalue weighted by Crippen LogP contribution is -2.22. The molecule has 1 aliphatic heterocycles. The van der Waals surface area contributed by atoms with Crippen LogP contribution in [0.5, 0.6) is 0 Å². The summed E-state index contributed by atoms with van der Waals surface area (Å²) in [6.45, 7) is 2.44. The Labute approximate surface area is 106 Å². The van der Waals surface area contributed by atoms with Crippen molar-refractivity contribution in [3.05, 3.63) is 35.1 Å².